The van der Waals surface area contributed by atoms with Crippen molar-refractivity contribution in [3.63, 3.8) is 0 Å². The van der Waals surface area contributed by atoms with Gasteiger partial charge in [0, 0.05) is 36.8 Å². The second kappa shape index (κ2) is 5.65. The summed E-state index contributed by atoms with van der Waals surface area (Å²) in [6, 6.07) is 0. The Bertz CT molecular complexity index is 432. The fraction of sp³-hybridized carbons (Fsp3) is 0.667. The Labute approximate surface area is 112 Å². The third-order valence-electron chi connectivity index (χ3n) is 3.20. The maximum atomic E-state index is 12.4. The quantitative estimate of drug-likeness (QED) is 0.901. The molecule has 1 fully saturated rings. The highest BCUT2D eigenvalue weighted by molar-refractivity contribution is 8.00. The molecule has 1 atom stereocenters. The van der Waals surface area contributed by atoms with Crippen LogP contribution in [0.1, 0.15) is 30.8 Å². The summed E-state index contributed by atoms with van der Waals surface area (Å²) < 4.78 is 1.71. The molecule has 5 nitrogen and oxygen atoms in total. The molecule has 1 aromatic rings. The van der Waals surface area contributed by atoms with Crippen LogP contribution in [0.15, 0.2) is 6.20 Å². The summed E-state index contributed by atoms with van der Waals surface area (Å²) in [7, 11) is 0. The second-order valence-electron chi connectivity index (χ2n) is 4.44. The van der Waals surface area contributed by atoms with Gasteiger partial charge in [0.15, 0.2) is 5.69 Å². The van der Waals surface area contributed by atoms with Gasteiger partial charge in [-0.05, 0) is 13.3 Å². The first-order valence-corrected chi connectivity index (χ1v) is 7.44. The number of amides is 1. The van der Waals surface area contributed by atoms with Crippen molar-refractivity contribution >= 4 is 23.4 Å². The zero-order chi connectivity index (χ0) is 13.1. The molecule has 1 saturated heterocycles. The van der Waals surface area contributed by atoms with Crippen molar-refractivity contribution in [3.05, 3.63) is 11.9 Å². The van der Waals surface area contributed by atoms with Gasteiger partial charge in [-0.25, -0.2) is 0 Å². The van der Waals surface area contributed by atoms with E-state index in [0.717, 1.165) is 31.8 Å². The molecule has 18 heavy (non-hydrogen) atoms. The van der Waals surface area contributed by atoms with Gasteiger partial charge in [0.2, 0.25) is 0 Å². The number of nitrogens with two attached hydrogens (primary N) is 1. The molecule has 1 unspecified atom stereocenters. The van der Waals surface area contributed by atoms with Crippen LogP contribution >= 0.6 is 11.8 Å². The van der Waals surface area contributed by atoms with Crippen LogP contribution in [-0.2, 0) is 6.54 Å². The number of nitrogen functional groups attached to an aromatic ring is 1. The van der Waals surface area contributed by atoms with E-state index in [0.29, 0.717) is 16.6 Å². The zero-order valence-electron chi connectivity index (χ0n) is 10.9. The Morgan fingerprint density at radius 3 is 3.00 bits per heavy atom. The fourth-order valence-electron chi connectivity index (χ4n) is 2.07. The van der Waals surface area contributed by atoms with Gasteiger partial charge in [0.05, 0.1) is 5.69 Å². The maximum absolute atomic E-state index is 12.4. The van der Waals surface area contributed by atoms with E-state index < -0.39 is 0 Å². The Balaban J connectivity index is 2.12. The topological polar surface area (TPSA) is 64.2 Å². The minimum absolute atomic E-state index is 0.0292. The Morgan fingerprint density at radius 2 is 2.39 bits per heavy atom. The number of nitrogens with zero attached hydrogens (tertiary/aromatic N) is 3. The molecule has 0 aliphatic carbocycles. The number of thioether (sulfide) groups is 1. The number of hydrogen-bond acceptors (Lipinski definition) is 4. The summed E-state index contributed by atoms with van der Waals surface area (Å²) in [4.78, 5) is 14.3. The molecule has 1 amide bonds. The molecule has 6 heteroatoms. The Hall–Kier alpha value is -1.17. The molecule has 0 aromatic carbocycles. The van der Waals surface area contributed by atoms with E-state index in [-0.39, 0.29) is 5.91 Å². The second-order valence-corrected chi connectivity index (χ2v) is 5.85. The van der Waals surface area contributed by atoms with Crippen LogP contribution in [0.4, 0.5) is 5.69 Å². The van der Waals surface area contributed by atoms with Crippen LogP contribution in [0.5, 0.6) is 0 Å². The van der Waals surface area contributed by atoms with Crippen molar-refractivity contribution in [1.29, 1.82) is 0 Å². The van der Waals surface area contributed by atoms with Gasteiger partial charge in [0.1, 0.15) is 0 Å². The van der Waals surface area contributed by atoms with Crippen LogP contribution < -0.4 is 5.73 Å². The normalized spacial score (nSPS) is 20.1. The largest absolute Gasteiger partial charge is 0.396 e. The number of aryl methyl sites for hydroxylation is 1. The van der Waals surface area contributed by atoms with Gasteiger partial charge in [-0.1, -0.05) is 6.92 Å². The third-order valence-corrected chi connectivity index (χ3v) is 4.57. The van der Waals surface area contributed by atoms with Gasteiger partial charge in [-0.15, -0.1) is 0 Å². The Kier molecular flexibility index (Phi) is 4.16. The molecule has 1 aliphatic heterocycles. The van der Waals surface area contributed by atoms with Gasteiger partial charge in [0.25, 0.3) is 5.91 Å². The Morgan fingerprint density at radius 1 is 1.61 bits per heavy atom. The van der Waals surface area contributed by atoms with Gasteiger partial charge in [-0.2, -0.15) is 16.9 Å². The predicted molar refractivity (Wildman–Crippen MR) is 74.8 cm³/mol. The highest BCUT2D eigenvalue weighted by atomic mass is 32.2. The monoisotopic (exact) mass is 268 g/mol. The summed E-state index contributed by atoms with van der Waals surface area (Å²) in [5, 5.41) is 4.79. The van der Waals surface area contributed by atoms with E-state index in [1.165, 1.54) is 0 Å². The molecule has 0 bridgehead atoms. The summed E-state index contributed by atoms with van der Waals surface area (Å²) >= 11 is 1.94. The van der Waals surface area contributed by atoms with Crippen LogP contribution in [0.25, 0.3) is 0 Å². The number of carbonyl (C=O) groups excluding carboxylic acids is 1. The molecule has 2 heterocycles. The molecular formula is C12H20N4OS. The molecule has 1 aromatic heterocycles. The van der Waals surface area contributed by atoms with Gasteiger partial charge in [-0.3, -0.25) is 9.48 Å². The average molecular weight is 268 g/mol. The molecule has 1 aliphatic rings. The van der Waals surface area contributed by atoms with E-state index in [1.54, 1.807) is 10.9 Å². The van der Waals surface area contributed by atoms with Crippen molar-refractivity contribution in [2.45, 2.75) is 32.1 Å². The van der Waals surface area contributed by atoms with E-state index >= 15 is 0 Å². The highest BCUT2D eigenvalue weighted by Crippen LogP contribution is 2.23. The number of anilines is 1. The SMILES string of the molecule is CCC1CN(C(=O)c2nn(CC)cc2N)CCS1. The average Bonchev–Trinajstić information content (AvgIpc) is 2.79. The molecule has 2 N–H and O–H groups in total. The first kappa shape index (κ1) is 13.3. The molecule has 0 spiro atoms. The molecule has 0 radical (unpaired) electrons. The van der Waals surface area contributed by atoms with Gasteiger partial charge < -0.3 is 10.6 Å². The maximum Gasteiger partial charge on any atom is 0.276 e. The summed E-state index contributed by atoms with van der Waals surface area (Å²) in [6.07, 6.45) is 2.82. The number of carbonyl (C=O) groups is 1. The van der Waals surface area contributed by atoms with Crippen molar-refractivity contribution in [2.75, 3.05) is 24.6 Å². The van der Waals surface area contributed by atoms with Crippen molar-refractivity contribution in [3.8, 4) is 0 Å². The van der Waals surface area contributed by atoms with Crippen LogP contribution in [-0.4, -0.2) is 44.7 Å². The predicted octanol–water partition coefficient (Wildman–Crippen LogP) is 1.45. The van der Waals surface area contributed by atoms with E-state index in [9.17, 15) is 4.79 Å². The minimum Gasteiger partial charge on any atom is -0.396 e. The van der Waals surface area contributed by atoms with E-state index in [4.69, 9.17) is 5.73 Å². The first-order chi connectivity index (χ1) is 8.65. The molecule has 100 valence electrons. The lowest BCUT2D eigenvalue weighted by Gasteiger charge is -2.31. The summed E-state index contributed by atoms with van der Waals surface area (Å²) in [5.41, 5.74) is 6.74. The smallest absolute Gasteiger partial charge is 0.276 e. The minimum atomic E-state index is -0.0292. The van der Waals surface area contributed by atoms with Gasteiger partial charge >= 0.3 is 0 Å². The van der Waals surface area contributed by atoms with Crippen LogP contribution in [0.3, 0.4) is 0 Å². The lowest BCUT2D eigenvalue weighted by atomic mass is 10.2. The lowest BCUT2D eigenvalue weighted by molar-refractivity contribution is 0.0755. The summed E-state index contributed by atoms with van der Waals surface area (Å²) in [6.45, 7) is 6.46. The molecular weight excluding hydrogens is 248 g/mol. The number of rotatable bonds is 3. The first-order valence-electron chi connectivity index (χ1n) is 6.39. The summed E-state index contributed by atoms with van der Waals surface area (Å²) in [5.74, 6) is 0.969. The van der Waals surface area contributed by atoms with Crippen LogP contribution in [0, 0.1) is 0 Å². The number of hydrogen-bond donors (Lipinski definition) is 1. The molecule has 2 rings (SSSR count). The van der Waals surface area contributed by atoms with E-state index in [2.05, 4.69) is 12.0 Å². The standard InChI is InChI=1S/C12H20N4OS/c1-3-9-7-15(5-6-18-9)12(17)11-10(13)8-16(4-2)14-11/h8-9H,3-7,13H2,1-2H3. The lowest BCUT2D eigenvalue weighted by Crippen LogP contribution is -2.42. The fourth-order valence-corrected chi connectivity index (χ4v) is 3.25. The third kappa shape index (κ3) is 2.63. The van der Waals surface area contributed by atoms with Crippen molar-refractivity contribution in [1.82, 2.24) is 14.7 Å². The van der Waals surface area contributed by atoms with Crippen LogP contribution in [0.2, 0.25) is 0 Å². The zero-order valence-corrected chi connectivity index (χ0v) is 11.7. The number of aromatic nitrogens is 2. The van der Waals surface area contributed by atoms with E-state index in [1.807, 2.05) is 23.6 Å². The highest BCUT2D eigenvalue weighted by Gasteiger charge is 2.26. The molecule has 0 saturated carbocycles. The van der Waals surface area contributed by atoms with Crippen molar-refractivity contribution < 1.29 is 4.79 Å². The van der Waals surface area contributed by atoms with Crippen molar-refractivity contribution in [2.24, 2.45) is 0 Å².